The van der Waals surface area contributed by atoms with Crippen molar-refractivity contribution in [2.75, 3.05) is 26.7 Å². The van der Waals surface area contributed by atoms with E-state index in [4.69, 9.17) is 9.47 Å². The number of carbonyl (C=O) groups is 5. The van der Waals surface area contributed by atoms with Crippen LogP contribution in [0.5, 0.6) is 5.75 Å². The van der Waals surface area contributed by atoms with Crippen molar-refractivity contribution >= 4 is 40.7 Å². The Balaban J connectivity index is 1.30. The Morgan fingerprint density at radius 2 is 1.86 bits per heavy atom. The lowest BCUT2D eigenvalue weighted by Gasteiger charge is -2.33. The van der Waals surface area contributed by atoms with Gasteiger partial charge < -0.3 is 35.0 Å². The lowest BCUT2D eigenvalue weighted by molar-refractivity contribution is -0.146. The maximum atomic E-state index is 14.3. The van der Waals surface area contributed by atoms with Gasteiger partial charge in [-0.1, -0.05) is 37.1 Å². The molecule has 1 aliphatic carbocycles. The van der Waals surface area contributed by atoms with Gasteiger partial charge in [0.1, 0.15) is 34.7 Å². The van der Waals surface area contributed by atoms with Gasteiger partial charge in [-0.2, -0.15) is 0 Å². The first-order valence-electron chi connectivity index (χ1n) is 17.1. The first-order valence-corrected chi connectivity index (χ1v) is 17.1. The Morgan fingerprint density at radius 1 is 1.08 bits per heavy atom. The third-order valence-electron chi connectivity index (χ3n) is 10.1. The summed E-state index contributed by atoms with van der Waals surface area (Å²) < 4.78 is 11.0. The average Bonchev–Trinajstić information content (AvgIpc) is 3.40. The number of nitrogens with zero attached hydrogens (tertiary/aromatic N) is 3. The molecule has 4 amide bonds. The summed E-state index contributed by atoms with van der Waals surface area (Å²) in [6.07, 6.45) is 6.72. The number of nitrogens with one attached hydrogen (secondary N) is 2. The molecule has 0 unspecified atom stereocenters. The number of amides is 4. The van der Waals surface area contributed by atoms with Gasteiger partial charge in [0.2, 0.25) is 11.8 Å². The number of alkyl carbamates (subject to hydrolysis) is 1. The van der Waals surface area contributed by atoms with Crippen LogP contribution in [-0.4, -0.2) is 99.6 Å². The van der Waals surface area contributed by atoms with Gasteiger partial charge in [0.15, 0.2) is 0 Å². The quantitative estimate of drug-likeness (QED) is 0.411. The minimum atomic E-state index is -1.46. The highest BCUT2D eigenvalue weighted by atomic mass is 16.6. The molecule has 13 nitrogen and oxygen atoms in total. The number of aliphatic carboxylic acids is 1. The van der Waals surface area contributed by atoms with E-state index >= 15 is 0 Å². The molecule has 0 radical (unpaired) electrons. The summed E-state index contributed by atoms with van der Waals surface area (Å²) in [5, 5.41) is 16.6. The molecule has 6 atom stereocenters. The van der Waals surface area contributed by atoms with Crippen LogP contribution in [0.15, 0.2) is 42.5 Å². The zero-order chi connectivity index (χ0) is 35.1. The van der Waals surface area contributed by atoms with Crippen LogP contribution in [0.2, 0.25) is 0 Å². The van der Waals surface area contributed by atoms with E-state index < -0.39 is 53.0 Å². The number of carbonyl (C=O) groups excluding carboxylic acids is 4. The Hall–Kier alpha value is -4.68. The van der Waals surface area contributed by atoms with Crippen molar-refractivity contribution < 1.29 is 38.6 Å². The largest absolute Gasteiger partial charge is 0.496 e. The normalized spacial score (nSPS) is 29.4. The topological polar surface area (TPSA) is 167 Å². The van der Waals surface area contributed by atoms with Crippen LogP contribution >= 0.6 is 0 Å². The maximum absolute atomic E-state index is 14.3. The second-order valence-corrected chi connectivity index (χ2v) is 14.6. The molecule has 1 aromatic heterocycles. The minimum absolute atomic E-state index is 0.162. The van der Waals surface area contributed by atoms with Crippen molar-refractivity contribution in [2.45, 2.75) is 82.5 Å². The summed E-state index contributed by atoms with van der Waals surface area (Å²) in [4.78, 5) is 75.5. The van der Waals surface area contributed by atoms with Crippen LogP contribution in [0.4, 0.5) is 4.79 Å². The molecule has 0 spiro atoms. The van der Waals surface area contributed by atoms with Gasteiger partial charge in [-0.15, -0.1) is 0 Å². The number of benzene rings is 1. The molecule has 1 saturated carbocycles. The molecule has 2 saturated heterocycles. The smallest absolute Gasteiger partial charge is 0.408 e. The Bertz CT molecular complexity index is 1690. The van der Waals surface area contributed by atoms with Crippen molar-refractivity contribution in [1.82, 2.24) is 25.4 Å². The van der Waals surface area contributed by atoms with E-state index in [0.717, 1.165) is 24.6 Å². The molecule has 49 heavy (non-hydrogen) atoms. The van der Waals surface area contributed by atoms with Crippen molar-refractivity contribution in [2.24, 2.45) is 17.8 Å². The molecule has 6 rings (SSSR count). The first kappa shape index (κ1) is 34.2. The second kappa shape index (κ2) is 13.3. The molecule has 3 N–H and O–H groups in total. The lowest BCUT2D eigenvalue weighted by Crippen LogP contribution is -2.58. The predicted octanol–water partition coefficient (Wildman–Crippen LogP) is 3.52. The molecular weight excluding hydrogens is 630 g/mol. The fourth-order valence-corrected chi connectivity index (χ4v) is 7.57. The average molecular weight is 676 g/mol. The first-order chi connectivity index (χ1) is 23.3. The fraction of sp³-hybridized carbons (Fsp3) is 0.556. The van der Waals surface area contributed by atoms with Crippen LogP contribution in [0.1, 0.15) is 69.8 Å². The molecule has 4 aliphatic rings. The van der Waals surface area contributed by atoms with Gasteiger partial charge in [-0.25, -0.2) is 14.6 Å². The molecule has 4 heterocycles. The molecule has 1 aromatic carbocycles. The predicted molar refractivity (Wildman–Crippen MR) is 179 cm³/mol. The second-order valence-electron chi connectivity index (χ2n) is 14.6. The number of pyridine rings is 1. The van der Waals surface area contributed by atoms with Crippen LogP contribution in [0.3, 0.4) is 0 Å². The zero-order valence-electron chi connectivity index (χ0n) is 28.4. The van der Waals surface area contributed by atoms with E-state index in [1.54, 1.807) is 37.8 Å². The van der Waals surface area contributed by atoms with Crippen molar-refractivity contribution in [1.29, 1.82) is 0 Å². The van der Waals surface area contributed by atoms with Gasteiger partial charge in [0, 0.05) is 48.8 Å². The third-order valence-corrected chi connectivity index (χ3v) is 10.1. The number of carboxylic acid groups (broad SMARTS) is 1. The molecule has 13 heteroatoms. The highest BCUT2D eigenvalue weighted by Gasteiger charge is 2.62. The van der Waals surface area contributed by atoms with E-state index in [1.165, 1.54) is 12.0 Å². The number of methoxy groups -OCH3 is 1. The van der Waals surface area contributed by atoms with Gasteiger partial charge in [-0.05, 0) is 58.6 Å². The number of para-hydroxylation sites is 1. The summed E-state index contributed by atoms with van der Waals surface area (Å²) >= 11 is 0. The van der Waals surface area contributed by atoms with E-state index in [1.807, 2.05) is 30.4 Å². The van der Waals surface area contributed by atoms with Gasteiger partial charge in [0.25, 0.3) is 5.91 Å². The van der Waals surface area contributed by atoms with Crippen LogP contribution < -0.4 is 15.4 Å². The van der Waals surface area contributed by atoms with E-state index in [2.05, 4.69) is 15.6 Å². The minimum Gasteiger partial charge on any atom is -0.496 e. The summed E-state index contributed by atoms with van der Waals surface area (Å²) in [5.74, 6) is -3.04. The standard InChI is InChI=1S/C36H45N5O8/c1-35(2,3)49-34(47)38-26-15-9-7-5-6-8-12-22-17-36(22,33(45)46)39-30(42)29-24-20-40(18-21(24)19-41(29)32(26)44)31(43)27-16-28(48-4)23-13-10-11-14-25(23)37-27/h8,10-14,16,21-22,24,26,29H,5-7,9,15,17-20H2,1-4H3,(H,38,47)(H,39,42)(H,45,46)/b12-8-/t21-,22+,24-,26+,29-,36-/m0/s1. The number of aromatic nitrogens is 1. The Labute approximate surface area is 285 Å². The number of hydrogen-bond donors (Lipinski definition) is 3. The molecule has 3 fully saturated rings. The Kier molecular flexibility index (Phi) is 9.29. The Morgan fingerprint density at radius 3 is 2.59 bits per heavy atom. The third kappa shape index (κ3) is 6.93. The van der Waals surface area contributed by atoms with E-state index in [9.17, 15) is 29.1 Å². The summed E-state index contributed by atoms with van der Waals surface area (Å²) in [6.45, 7) is 5.81. The summed E-state index contributed by atoms with van der Waals surface area (Å²) in [7, 11) is 1.53. The summed E-state index contributed by atoms with van der Waals surface area (Å²) in [6, 6.07) is 6.97. The van der Waals surface area contributed by atoms with Crippen LogP contribution in [0.25, 0.3) is 10.9 Å². The highest BCUT2D eigenvalue weighted by molar-refractivity contribution is 5.98. The van der Waals surface area contributed by atoms with Crippen molar-refractivity contribution in [3.63, 3.8) is 0 Å². The van der Waals surface area contributed by atoms with Crippen LogP contribution in [-0.2, 0) is 19.1 Å². The molecular formula is C36H45N5O8. The van der Waals surface area contributed by atoms with Crippen molar-refractivity contribution in [3.8, 4) is 5.75 Å². The molecule has 262 valence electrons. The van der Waals surface area contributed by atoms with Gasteiger partial charge >= 0.3 is 12.1 Å². The monoisotopic (exact) mass is 675 g/mol. The molecule has 3 aliphatic heterocycles. The number of carboxylic acids is 1. The number of rotatable bonds is 4. The lowest BCUT2D eigenvalue weighted by atomic mass is 9.93. The number of allylic oxidation sites excluding steroid dienone is 1. The van der Waals surface area contributed by atoms with Gasteiger partial charge in [0.05, 0.1) is 12.6 Å². The number of hydrogen-bond acceptors (Lipinski definition) is 8. The summed E-state index contributed by atoms with van der Waals surface area (Å²) in [5.41, 5.74) is -1.43. The number of fused-ring (bicyclic) bond motifs is 5. The van der Waals surface area contributed by atoms with Gasteiger partial charge in [-0.3, -0.25) is 14.4 Å². The number of ether oxygens (including phenoxy) is 2. The molecule has 2 aromatic rings. The SMILES string of the molecule is COc1cc(C(=O)N2C[C@H]3CN4C(=O)[C@H](NC(=O)OC(C)(C)C)CCCCC/C=C\[C@@H]5C[C@]5(C(=O)O)NC(=O)[C@@H]4[C@H]3C2)nc2ccccc12. The zero-order valence-corrected chi connectivity index (χ0v) is 28.4. The van der Waals surface area contributed by atoms with E-state index in [0.29, 0.717) is 24.1 Å². The number of likely N-dealkylation sites (tertiary alicyclic amines) is 1. The van der Waals surface area contributed by atoms with E-state index in [-0.39, 0.29) is 49.5 Å². The molecule has 0 bridgehead atoms. The fourth-order valence-electron chi connectivity index (χ4n) is 7.57. The van der Waals surface area contributed by atoms with Crippen molar-refractivity contribution in [3.05, 3.63) is 48.2 Å². The maximum Gasteiger partial charge on any atom is 0.408 e. The highest BCUT2D eigenvalue weighted by Crippen LogP contribution is 2.46. The van der Waals surface area contributed by atoms with Crippen LogP contribution in [0, 0.1) is 17.8 Å².